The Morgan fingerprint density at radius 2 is 1.81 bits per heavy atom. The minimum atomic E-state index is -0.0459. The molecular formula is C30H33N3O3. The summed E-state index contributed by atoms with van der Waals surface area (Å²) in [6.07, 6.45) is 6.46. The van der Waals surface area contributed by atoms with Crippen molar-refractivity contribution in [1.82, 2.24) is 14.9 Å². The summed E-state index contributed by atoms with van der Waals surface area (Å²) < 4.78 is 13.8. The first-order valence-corrected chi connectivity index (χ1v) is 12.4. The van der Waals surface area contributed by atoms with Crippen LogP contribution in [0, 0.1) is 0 Å². The number of rotatable bonds is 12. The Morgan fingerprint density at radius 1 is 1.00 bits per heavy atom. The lowest BCUT2D eigenvalue weighted by Gasteiger charge is -2.13. The number of fused-ring (bicyclic) bond motifs is 1. The molecule has 0 spiro atoms. The summed E-state index contributed by atoms with van der Waals surface area (Å²) in [5.41, 5.74) is 3.87. The third kappa shape index (κ3) is 6.33. The van der Waals surface area contributed by atoms with Gasteiger partial charge in [0.25, 0.3) is 5.91 Å². The number of aryl methyl sites for hydroxylation is 2. The van der Waals surface area contributed by atoms with Crippen LogP contribution in [0.5, 0.6) is 11.5 Å². The topological polar surface area (TPSA) is 65.4 Å². The molecule has 0 aliphatic rings. The molecular weight excluding hydrogens is 450 g/mol. The number of imidazole rings is 1. The van der Waals surface area contributed by atoms with Crippen LogP contribution >= 0.6 is 0 Å². The van der Waals surface area contributed by atoms with Gasteiger partial charge >= 0.3 is 0 Å². The third-order valence-corrected chi connectivity index (χ3v) is 5.96. The summed E-state index contributed by atoms with van der Waals surface area (Å²) in [5.74, 6) is 2.46. The number of para-hydroxylation sites is 2. The van der Waals surface area contributed by atoms with Gasteiger partial charge in [0.1, 0.15) is 5.82 Å². The van der Waals surface area contributed by atoms with E-state index in [0.717, 1.165) is 59.7 Å². The molecule has 0 saturated heterocycles. The molecule has 0 bridgehead atoms. The molecule has 0 aliphatic carbocycles. The van der Waals surface area contributed by atoms with E-state index in [-0.39, 0.29) is 5.91 Å². The fourth-order valence-electron chi connectivity index (χ4n) is 4.21. The molecule has 0 fully saturated rings. The number of nitrogens with zero attached hydrogens (tertiary/aromatic N) is 2. The van der Waals surface area contributed by atoms with Gasteiger partial charge in [0.05, 0.1) is 24.8 Å². The first-order chi connectivity index (χ1) is 17.7. The zero-order valence-corrected chi connectivity index (χ0v) is 20.9. The van der Waals surface area contributed by atoms with Crippen molar-refractivity contribution in [3.8, 4) is 11.5 Å². The number of aromatic nitrogens is 2. The van der Waals surface area contributed by atoms with Crippen LogP contribution in [0.2, 0.25) is 0 Å². The highest BCUT2D eigenvalue weighted by Crippen LogP contribution is 2.29. The van der Waals surface area contributed by atoms with Crippen molar-refractivity contribution >= 4 is 23.0 Å². The fraction of sp³-hybridized carbons (Fsp3) is 0.267. The second-order valence-corrected chi connectivity index (χ2v) is 8.51. The second-order valence-electron chi connectivity index (χ2n) is 8.51. The van der Waals surface area contributed by atoms with Gasteiger partial charge in [0.2, 0.25) is 0 Å². The summed E-state index contributed by atoms with van der Waals surface area (Å²) in [6, 6.07) is 23.4. The molecule has 1 heterocycles. The zero-order chi connectivity index (χ0) is 25.2. The predicted octanol–water partition coefficient (Wildman–Crippen LogP) is 5.91. The van der Waals surface area contributed by atoms with Crippen molar-refractivity contribution in [2.45, 2.75) is 32.7 Å². The molecule has 1 N–H and O–H groups in total. The molecule has 6 nitrogen and oxygen atoms in total. The van der Waals surface area contributed by atoms with E-state index in [0.29, 0.717) is 18.7 Å². The van der Waals surface area contributed by atoms with E-state index in [9.17, 15) is 4.79 Å². The maximum Gasteiger partial charge on any atom is 0.251 e. The lowest BCUT2D eigenvalue weighted by molar-refractivity contribution is 0.0953. The molecule has 3 aromatic carbocycles. The van der Waals surface area contributed by atoms with Crippen LogP contribution in [0.3, 0.4) is 0 Å². The Kier molecular flexibility index (Phi) is 8.76. The van der Waals surface area contributed by atoms with Gasteiger partial charge in [-0.15, -0.1) is 0 Å². The van der Waals surface area contributed by atoms with E-state index < -0.39 is 0 Å². The molecule has 36 heavy (non-hydrogen) atoms. The highest BCUT2D eigenvalue weighted by molar-refractivity contribution is 5.94. The standard InChI is InChI=1S/C30H33N3O3/c1-3-11-23-17-18-27(28(22-23)35-2)36-21-10-20-33-26-15-8-7-14-25(26)32-29(33)16-9-19-31-30(34)24-12-5-4-6-13-24/h3-8,11-15,17-18,22H,9-10,16,19-21H2,1-2H3,(H,31,34)/b11-3+. The van der Waals surface area contributed by atoms with Crippen molar-refractivity contribution in [3.63, 3.8) is 0 Å². The first kappa shape index (κ1) is 25.0. The van der Waals surface area contributed by atoms with Gasteiger partial charge < -0.3 is 19.4 Å². The van der Waals surface area contributed by atoms with E-state index in [4.69, 9.17) is 14.5 Å². The van der Waals surface area contributed by atoms with Gasteiger partial charge in [-0.3, -0.25) is 4.79 Å². The molecule has 0 radical (unpaired) electrons. The molecule has 0 saturated carbocycles. The lowest BCUT2D eigenvalue weighted by atomic mass is 10.2. The number of allylic oxidation sites excluding steroid dienone is 1. The Hall–Kier alpha value is -4.06. The number of ether oxygens (including phenoxy) is 2. The van der Waals surface area contributed by atoms with Crippen molar-refractivity contribution in [1.29, 1.82) is 0 Å². The summed E-state index contributed by atoms with van der Waals surface area (Å²) in [5, 5.41) is 3.00. The van der Waals surface area contributed by atoms with Gasteiger partial charge in [-0.2, -0.15) is 0 Å². The molecule has 4 rings (SSSR count). The summed E-state index contributed by atoms with van der Waals surface area (Å²) in [4.78, 5) is 17.2. The molecule has 6 heteroatoms. The quantitative estimate of drug-likeness (QED) is 0.255. The molecule has 0 aliphatic heterocycles. The Bertz CT molecular complexity index is 1310. The highest BCUT2D eigenvalue weighted by atomic mass is 16.5. The number of hydrogen-bond acceptors (Lipinski definition) is 4. The molecule has 1 amide bonds. The molecule has 0 unspecified atom stereocenters. The Morgan fingerprint density at radius 3 is 2.61 bits per heavy atom. The Balaban J connectivity index is 1.34. The van der Waals surface area contributed by atoms with E-state index in [2.05, 4.69) is 16.0 Å². The maximum atomic E-state index is 12.3. The van der Waals surface area contributed by atoms with Crippen molar-refractivity contribution in [3.05, 3.63) is 95.8 Å². The average Bonchev–Trinajstić information content (AvgIpc) is 3.27. The number of carbonyl (C=O) groups excluding carboxylic acids is 1. The third-order valence-electron chi connectivity index (χ3n) is 5.96. The van der Waals surface area contributed by atoms with Crippen LogP contribution in [0.4, 0.5) is 0 Å². The summed E-state index contributed by atoms with van der Waals surface area (Å²) >= 11 is 0. The number of hydrogen-bond donors (Lipinski definition) is 1. The monoisotopic (exact) mass is 483 g/mol. The van der Waals surface area contributed by atoms with Crippen LogP contribution in [-0.2, 0) is 13.0 Å². The number of carbonyl (C=O) groups is 1. The van der Waals surface area contributed by atoms with Crippen molar-refractivity contribution < 1.29 is 14.3 Å². The molecule has 1 aromatic heterocycles. The van der Waals surface area contributed by atoms with Crippen molar-refractivity contribution in [2.75, 3.05) is 20.3 Å². The molecule has 4 aromatic rings. The summed E-state index contributed by atoms with van der Waals surface area (Å²) in [6.45, 7) is 3.96. The largest absolute Gasteiger partial charge is 0.493 e. The second kappa shape index (κ2) is 12.6. The fourth-order valence-corrected chi connectivity index (χ4v) is 4.21. The maximum absolute atomic E-state index is 12.3. The minimum absolute atomic E-state index is 0.0459. The van der Waals surface area contributed by atoms with E-state index >= 15 is 0 Å². The van der Waals surface area contributed by atoms with E-state index in [1.165, 1.54) is 0 Å². The summed E-state index contributed by atoms with van der Waals surface area (Å²) in [7, 11) is 1.66. The van der Waals surface area contributed by atoms with Crippen molar-refractivity contribution in [2.24, 2.45) is 0 Å². The predicted molar refractivity (Wildman–Crippen MR) is 145 cm³/mol. The van der Waals surface area contributed by atoms with Crippen LogP contribution in [-0.4, -0.2) is 35.7 Å². The minimum Gasteiger partial charge on any atom is -0.493 e. The van der Waals surface area contributed by atoms with E-state index in [1.807, 2.05) is 85.8 Å². The zero-order valence-electron chi connectivity index (χ0n) is 20.9. The van der Waals surface area contributed by atoms with Gasteiger partial charge in [0, 0.05) is 25.1 Å². The number of nitrogens with one attached hydrogen (secondary N) is 1. The molecule has 186 valence electrons. The number of methoxy groups -OCH3 is 1. The lowest BCUT2D eigenvalue weighted by Crippen LogP contribution is -2.24. The van der Waals surface area contributed by atoms with Crippen LogP contribution in [0.15, 0.2) is 78.9 Å². The van der Waals surface area contributed by atoms with Crippen LogP contribution < -0.4 is 14.8 Å². The average molecular weight is 484 g/mol. The van der Waals surface area contributed by atoms with Gasteiger partial charge in [-0.25, -0.2) is 4.98 Å². The van der Waals surface area contributed by atoms with E-state index in [1.54, 1.807) is 7.11 Å². The number of amides is 1. The van der Waals surface area contributed by atoms with Gasteiger partial charge in [-0.1, -0.05) is 48.6 Å². The Labute approximate surface area is 212 Å². The van der Waals surface area contributed by atoms with Crippen LogP contribution in [0.1, 0.15) is 41.5 Å². The number of benzene rings is 3. The smallest absolute Gasteiger partial charge is 0.251 e. The van der Waals surface area contributed by atoms with Gasteiger partial charge in [-0.05, 0) is 61.7 Å². The normalized spacial score (nSPS) is 11.2. The van der Waals surface area contributed by atoms with Crippen LogP contribution in [0.25, 0.3) is 17.1 Å². The SMILES string of the molecule is C/C=C/c1ccc(OCCCn2c(CCCNC(=O)c3ccccc3)nc3ccccc32)c(OC)c1. The molecule has 0 atom stereocenters. The van der Waals surface area contributed by atoms with Gasteiger partial charge in [0.15, 0.2) is 11.5 Å². The highest BCUT2D eigenvalue weighted by Gasteiger charge is 2.11. The first-order valence-electron chi connectivity index (χ1n) is 12.4.